The molecular weight excluding hydrogens is 345 g/mol. The van der Waals surface area contributed by atoms with E-state index in [-0.39, 0.29) is 5.91 Å². The van der Waals surface area contributed by atoms with Crippen LogP contribution in [0.15, 0.2) is 36.4 Å². The molecule has 0 spiro atoms. The van der Waals surface area contributed by atoms with Crippen LogP contribution in [-0.4, -0.2) is 12.0 Å². The van der Waals surface area contributed by atoms with E-state index in [1.54, 1.807) is 43.3 Å². The second kappa shape index (κ2) is 7.23. The van der Waals surface area contributed by atoms with Crippen molar-refractivity contribution in [2.45, 2.75) is 20.0 Å². The first-order valence-corrected chi connectivity index (χ1v) is 7.69. The summed E-state index contributed by atoms with van der Waals surface area (Å²) < 4.78 is 5.61. The van der Waals surface area contributed by atoms with Gasteiger partial charge >= 0.3 is 0 Å². The molecule has 0 aliphatic rings. The summed E-state index contributed by atoms with van der Waals surface area (Å²) in [5.74, 6) is 0.296. The van der Waals surface area contributed by atoms with Gasteiger partial charge in [0.05, 0.1) is 10.0 Å². The SMILES string of the molecule is Cc1cc(O[C@@H](C)C(=O)Nc2ccc(Cl)c(Cl)c2)ccc1Cl. The summed E-state index contributed by atoms with van der Waals surface area (Å²) in [6, 6.07) is 10.1. The molecule has 0 saturated carbocycles. The van der Waals surface area contributed by atoms with Gasteiger partial charge in [0, 0.05) is 10.7 Å². The topological polar surface area (TPSA) is 38.3 Å². The lowest BCUT2D eigenvalue weighted by molar-refractivity contribution is -0.122. The van der Waals surface area contributed by atoms with Crippen LogP contribution in [0.4, 0.5) is 5.69 Å². The zero-order chi connectivity index (χ0) is 16.3. The molecule has 0 aliphatic carbocycles. The van der Waals surface area contributed by atoms with E-state index in [1.165, 1.54) is 0 Å². The third-order valence-electron chi connectivity index (χ3n) is 3.00. The first-order chi connectivity index (χ1) is 10.4. The van der Waals surface area contributed by atoms with Crippen LogP contribution in [0.1, 0.15) is 12.5 Å². The number of amides is 1. The van der Waals surface area contributed by atoms with Crippen molar-refractivity contribution >= 4 is 46.4 Å². The van der Waals surface area contributed by atoms with Crippen LogP contribution < -0.4 is 10.1 Å². The van der Waals surface area contributed by atoms with Crippen LogP contribution in [0.25, 0.3) is 0 Å². The number of carbonyl (C=O) groups is 1. The molecule has 1 amide bonds. The van der Waals surface area contributed by atoms with Crippen molar-refractivity contribution < 1.29 is 9.53 Å². The number of nitrogens with one attached hydrogen (secondary N) is 1. The molecule has 0 radical (unpaired) electrons. The zero-order valence-corrected chi connectivity index (χ0v) is 14.3. The van der Waals surface area contributed by atoms with Gasteiger partial charge in [-0.3, -0.25) is 4.79 Å². The van der Waals surface area contributed by atoms with E-state index >= 15 is 0 Å². The van der Waals surface area contributed by atoms with Gasteiger partial charge in [-0.15, -0.1) is 0 Å². The highest BCUT2D eigenvalue weighted by Gasteiger charge is 2.15. The fourth-order valence-electron chi connectivity index (χ4n) is 1.77. The Labute approximate surface area is 144 Å². The summed E-state index contributed by atoms with van der Waals surface area (Å²) >= 11 is 17.7. The lowest BCUT2D eigenvalue weighted by atomic mass is 10.2. The van der Waals surface area contributed by atoms with Gasteiger partial charge in [-0.2, -0.15) is 0 Å². The molecule has 116 valence electrons. The predicted octanol–water partition coefficient (Wildman–Crippen LogP) is 5.36. The van der Waals surface area contributed by atoms with Gasteiger partial charge in [-0.05, 0) is 55.8 Å². The molecule has 0 bridgehead atoms. The first-order valence-electron chi connectivity index (χ1n) is 6.55. The maximum Gasteiger partial charge on any atom is 0.265 e. The molecule has 2 aromatic carbocycles. The summed E-state index contributed by atoms with van der Waals surface area (Å²) in [5.41, 5.74) is 1.44. The number of carbonyl (C=O) groups excluding carboxylic acids is 1. The van der Waals surface area contributed by atoms with E-state index in [9.17, 15) is 4.79 Å². The number of rotatable bonds is 4. The summed E-state index contributed by atoms with van der Waals surface area (Å²) in [4.78, 5) is 12.1. The number of hydrogen-bond donors (Lipinski definition) is 1. The second-order valence-corrected chi connectivity index (χ2v) is 6.01. The van der Waals surface area contributed by atoms with Crippen LogP contribution in [-0.2, 0) is 4.79 Å². The number of anilines is 1. The van der Waals surface area contributed by atoms with E-state index < -0.39 is 6.10 Å². The van der Waals surface area contributed by atoms with Crippen LogP contribution in [0.3, 0.4) is 0 Å². The number of benzene rings is 2. The Morgan fingerprint density at radius 2 is 1.73 bits per heavy atom. The van der Waals surface area contributed by atoms with Crippen LogP contribution in [0, 0.1) is 6.92 Å². The van der Waals surface area contributed by atoms with E-state index in [1.807, 2.05) is 6.92 Å². The monoisotopic (exact) mass is 357 g/mol. The fraction of sp³-hybridized carbons (Fsp3) is 0.188. The Balaban J connectivity index is 2.02. The number of halogens is 3. The van der Waals surface area contributed by atoms with Crippen molar-refractivity contribution in [3.8, 4) is 5.75 Å². The Kier molecular flexibility index (Phi) is 5.57. The molecule has 1 N–H and O–H groups in total. The number of aryl methyl sites for hydroxylation is 1. The van der Waals surface area contributed by atoms with Crippen molar-refractivity contribution in [3.05, 3.63) is 57.0 Å². The molecule has 2 aromatic rings. The van der Waals surface area contributed by atoms with Gasteiger partial charge in [0.25, 0.3) is 5.91 Å². The first kappa shape index (κ1) is 16.9. The zero-order valence-electron chi connectivity index (χ0n) is 12.0. The van der Waals surface area contributed by atoms with Crippen LogP contribution >= 0.6 is 34.8 Å². The lowest BCUT2D eigenvalue weighted by Crippen LogP contribution is -2.30. The summed E-state index contributed by atoms with van der Waals surface area (Å²) in [6.07, 6.45) is -0.671. The molecule has 0 fully saturated rings. The highest BCUT2D eigenvalue weighted by atomic mass is 35.5. The standard InChI is InChI=1S/C16H14Cl3NO2/c1-9-7-12(4-6-13(9)17)22-10(2)16(21)20-11-3-5-14(18)15(19)8-11/h3-8,10H,1-2H3,(H,20,21)/t10-/m0/s1. The van der Waals surface area contributed by atoms with Crippen LogP contribution in [0.2, 0.25) is 15.1 Å². The highest BCUT2D eigenvalue weighted by molar-refractivity contribution is 6.42. The maximum absolute atomic E-state index is 12.1. The minimum atomic E-state index is -0.671. The molecule has 0 aromatic heterocycles. The van der Waals surface area contributed by atoms with Gasteiger partial charge in [0.2, 0.25) is 0 Å². The average molecular weight is 359 g/mol. The van der Waals surface area contributed by atoms with Crippen molar-refractivity contribution in [1.29, 1.82) is 0 Å². The fourth-order valence-corrected chi connectivity index (χ4v) is 2.18. The van der Waals surface area contributed by atoms with Crippen molar-refractivity contribution in [2.24, 2.45) is 0 Å². The third kappa shape index (κ3) is 4.29. The highest BCUT2D eigenvalue weighted by Crippen LogP contribution is 2.25. The summed E-state index contributed by atoms with van der Waals surface area (Å²) in [5, 5.41) is 4.18. The molecule has 3 nitrogen and oxygen atoms in total. The Morgan fingerprint density at radius 1 is 1.05 bits per heavy atom. The average Bonchev–Trinajstić information content (AvgIpc) is 2.46. The molecule has 6 heteroatoms. The largest absolute Gasteiger partial charge is 0.481 e. The van der Waals surface area contributed by atoms with E-state index in [4.69, 9.17) is 39.5 Å². The van der Waals surface area contributed by atoms with E-state index in [2.05, 4.69) is 5.32 Å². The van der Waals surface area contributed by atoms with Crippen molar-refractivity contribution in [2.75, 3.05) is 5.32 Å². The Hall–Kier alpha value is -1.42. The third-order valence-corrected chi connectivity index (χ3v) is 4.16. The summed E-state index contributed by atoms with van der Waals surface area (Å²) in [6.45, 7) is 3.53. The van der Waals surface area contributed by atoms with E-state index in [0.717, 1.165) is 5.56 Å². The molecule has 0 unspecified atom stereocenters. The van der Waals surface area contributed by atoms with Gasteiger partial charge in [-0.25, -0.2) is 0 Å². The minimum Gasteiger partial charge on any atom is -0.481 e. The molecule has 0 heterocycles. The molecule has 22 heavy (non-hydrogen) atoms. The van der Waals surface area contributed by atoms with Gasteiger partial charge in [0.15, 0.2) is 6.10 Å². The maximum atomic E-state index is 12.1. The van der Waals surface area contributed by atoms with Crippen molar-refractivity contribution in [3.63, 3.8) is 0 Å². The molecule has 1 atom stereocenters. The normalized spacial score (nSPS) is 11.9. The molecule has 0 aliphatic heterocycles. The minimum absolute atomic E-state index is 0.286. The lowest BCUT2D eigenvalue weighted by Gasteiger charge is -2.15. The van der Waals surface area contributed by atoms with Gasteiger partial charge in [0.1, 0.15) is 5.75 Å². The molecular formula is C16H14Cl3NO2. The Morgan fingerprint density at radius 3 is 2.36 bits per heavy atom. The number of hydrogen-bond acceptors (Lipinski definition) is 2. The smallest absolute Gasteiger partial charge is 0.265 e. The predicted molar refractivity (Wildman–Crippen MR) is 91.4 cm³/mol. The number of ether oxygens (including phenoxy) is 1. The Bertz CT molecular complexity index is 704. The second-order valence-electron chi connectivity index (χ2n) is 4.79. The van der Waals surface area contributed by atoms with Crippen molar-refractivity contribution in [1.82, 2.24) is 0 Å². The van der Waals surface area contributed by atoms with Gasteiger partial charge in [-0.1, -0.05) is 34.8 Å². The molecule has 2 rings (SSSR count). The molecule has 0 saturated heterocycles. The van der Waals surface area contributed by atoms with Crippen LogP contribution in [0.5, 0.6) is 5.75 Å². The van der Waals surface area contributed by atoms with Gasteiger partial charge < -0.3 is 10.1 Å². The quantitative estimate of drug-likeness (QED) is 0.799. The summed E-state index contributed by atoms with van der Waals surface area (Å²) in [7, 11) is 0. The van der Waals surface area contributed by atoms with E-state index in [0.29, 0.717) is 26.5 Å².